The van der Waals surface area contributed by atoms with Crippen LogP contribution in [-0.2, 0) is 4.74 Å². The average molecular weight is 206 g/mol. The zero-order valence-electron chi connectivity index (χ0n) is 8.24. The van der Waals surface area contributed by atoms with E-state index in [4.69, 9.17) is 4.74 Å². The highest BCUT2D eigenvalue weighted by atomic mass is 33.1. The molecule has 2 atom stereocenters. The summed E-state index contributed by atoms with van der Waals surface area (Å²) in [5.74, 6) is 0.781. The zero-order valence-corrected chi connectivity index (χ0v) is 9.87. The minimum absolute atomic E-state index is 0.369. The average Bonchev–Trinajstić information content (AvgIpc) is 2.34. The van der Waals surface area contributed by atoms with E-state index < -0.39 is 0 Å². The molecule has 0 N–H and O–H groups in total. The molecule has 1 saturated heterocycles. The summed E-state index contributed by atoms with van der Waals surface area (Å²) in [5, 5.41) is 0.791. The highest BCUT2D eigenvalue weighted by Crippen LogP contribution is 2.46. The number of ether oxygens (including phenoxy) is 1. The SMILES string of the molecule is CC(C)OC1CC(C(C)C)SS1. The van der Waals surface area contributed by atoms with Gasteiger partial charge in [-0.2, -0.15) is 0 Å². The second-order valence-corrected chi connectivity index (χ2v) is 6.50. The van der Waals surface area contributed by atoms with Gasteiger partial charge in [0.05, 0.1) is 6.10 Å². The fraction of sp³-hybridized carbons (Fsp3) is 1.00. The Kier molecular flexibility index (Phi) is 4.27. The molecule has 1 heterocycles. The van der Waals surface area contributed by atoms with E-state index in [9.17, 15) is 0 Å². The molecule has 1 aliphatic heterocycles. The predicted octanol–water partition coefficient (Wildman–Crippen LogP) is 3.55. The third kappa shape index (κ3) is 3.19. The van der Waals surface area contributed by atoms with Crippen molar-refractivity contribution < 1.29 is 4.74 Å². The molecule has 0 bridgehead atoms. The van der Waals surface area contributed by atoms with Gasteiger partial charge in [0, 0.05) is 5.25 Å². The van der Waals surface area contributed by atoms with Crippen molar-refractivity contribution in [2.24, 2.45) is 5.92 Å². The Hall–Kier alpha value is 0.660. The van der Waals surface area contributed by atoms with Gasteiger partial charge in [0.15, 0.2) is 0 Å². The van der Waals surface area contributed by atoms with Crippen LogP contribution in [0.25, 0.3) is 0 Å². The normalized spacial score (nSPS) is 30.5. The van der Waals surface area contributed by atoms with Crippen LogP contribution < -0.4 is 0 Å². The maximum absolute atomic E-state index is 5.73. The van der Waals surface area contributed by atoms with Gasteiger partial charge in [0.1, 0.15) is 5.44 Å². The van der Waals surface area contributed by atoms with E-state index in [1.54, 1.807) is 0 Å². The zero-order chi connectivity index (χ0) is 9.14. The summed E-state index contributed by atoms with van der Waals surface area (Å²) >= 11 is 0. The van der Waals surface area contributed by atoms with Gasteiger partial charge in [-0.1, -0.05) is 35.4 Å². The molecule has 0 saturated carbocycles. The van der Waals surface area contributed by atoms with Gasteiger partial charge in [0.25, 0.3) is 0 Å². The number of rotatable bonds is 3. The fourth-order valence-corrected chi connectivity index (χ4v) is 4.66. The van der Waals surface area contributed by atoms with Crippen LogP contribution in [0.3, 0.4) is 0 Å². The van der Waals surface area contributed by atoms with Crippen LogP contribution >= 0.6 is 21.6 Å². The van der Waals surface area contributed by atoms with Crippen LogP contribution in [-0.4, -0.2) is 16.8 Å². The summed E-state index contributed by atoms with van der Waals surface area (Å²) in [5.41, 5.74) is 0.433. The molecule has 2 unspecified atom stereocenters. The minimum Gasteiger partial charge on any atom is -0.364 e. The minimum atomic E-state index is 0.369. The Labute approximate surface area is 83.4 Å². The molecular formula is C9H18OS2. The fourth-order valence-electron chi connectivity index (χ4n) is 1.17. The first-order valence-corrected chi connectivity index (χ1v) is 6.84. The van der Waals surface area contributed by atoms with Gasteiger partial charge in [-0.25, -0.2) is 0 Å². The van der Waals surface area contributed by atoms with Crippen molar-refractivity contribution in [1.29, 1.82) is 0 Å². The van der Waals surface area contributed by atoms with Gasteiger partial charge in [-0.3, -0.25) is 0 Å². The van der Waals surface area contributed by atoms with Crippen LogP contribution in [0, 0.1) is 5.92 Å². The Morgan fingerprint density at radius 2 is 1.83 bits per heavy atom. The molecule has 0 aromatic carbocycles. The monoisotopic (exact) mass is 206 g/mol. The lowest BCUT2D eigenvalue weighted by Gasteiger charge is -2.14. The second kappa shape index (κ2) is 4.77. The van der Waals surface area contributed by atoms with Crippen molar-refractivity contribution in [3.8, 4) is 0 Å². The van der Waals surface area contributed by atoms with Crippen molar-refractivity contribution in [2.45, 2.75) is 50.9 Å². The van der Waals surface area contributed by atoms with Gasteiger partial charge in [-0.05, 0) is 26.2 Å². The summed E-state index contributed by atoms with van der Waals surface area (Å²) in [6.45, 7) is 8.79. The van der Waals surface area contributed by atoms with E-state index in [1.807, 2.05) is 21.6 Å². The van der Waals surface area contributed by atoms with Gasteiger partial charge in [0.2, 0.25) is 0 Å². The quantitative estimate of drug-likeness (QED) is 0.654. The number of hydrogen-bond acceptors (Lipinski definition) is 3. The third-order valence-electron chi connectivity index (χ3n) is 1.88. The molecule has 1 aliphatic rings. The van der Waals surface area contributed by atoms with Crippen LogP contribution in [0.15, 0.2) is 0 Å². The molecule has 0 radical (unpaired) electrons. The lowest BCUT2D eigenvalue weighted by molar-refractivity contribution is 0.0556. The van der Waals surface area contributed by atoms with E-state index in [-0.39, 0.29) is 0 Å². The molecular weight excluding hydrogens is 188 g/mol. The lowest BCUT2D eigenvalue weighted by atomic mass is 10.1. The molecule has 0 amide bonds. The van der Waals surface area contributed by atoms with Crippen LogP contribution in [0.4, 0.5) is 0 Å². The summed E-state index contributed by atoms with van der Waals surface area (Å²) in [4.78, 5) is 0. The van der Waals surface area contributed by atoms with E-state index in [0.29, 0.717) is 11.5 Å². The second-order valence-electron chi connectivity index (χ2n) is 3.83. The number of hydrogen-bond donors (Lipinski definition) is 0. The highest BCUT2D eigenvalue weighted by Gasteiger charge is 2.29. The van der Waals surface area contributed by atoms with Crippen LogP contribution in [0.5, 0.6) is 0 Å². The first-order chi connectivity index (χ1) is 5.59. The van der Waals surface area contributed by atoms with Gasteiger partial charge < -0.3 is 4.74 Å². The largest absolute Gasteiger partial charge is 0.364 e. The Morgan fingerprint density at radius 3 is 2.25 bits per heavy atom. The van der Waals surface area contributed by atoms with E-state index in [2.05, 4.69) is 27.7 Å². The lowest BCUT2D eigenvalue weighted by Crippen LogP contribution is -2.16. The summed E-state index contributed by atoms with van der Waals surface area (Å²) in [6.07, 6.45) is 1.58. The van der Waals surface area contributed by atoms with Crippen molar-refractivity contribution in [2.75, 3.05) is 0 Å². The summed E-state index contributed by atoms with van der Waals surface area (Å²) < 4.78 is 5.73. The molecule has 0 spiro atoms. The first kappa shape index (κ1) is 10.7. The van der Waals surface area contributed by atoms with E-state index >= 15 is 0 Å². The molecule has 1 rings (SSSR count). The molecule has 72 valence electrons. The van der Waals surface area contributed by atoms with E-state index in [1.165, 1.54) is 6.42 Å². The van der Waals surface area contributed by atoms with Crippen molar-refractivity contribution in [3.63, 3.8) is 0 Å². The smallest absolute Gasteiger partial charge is 0.114 e. The Bertz CT molecular complexity index is 136. The maximum atomic E-state index is 5.73. The van der Waals surface area contributed by atoms with Crippen molar-refractivity contribution in [3.05, 3.63) is 0 Å². The molecule has 1 fully saturated rings. The Balaban J connectivity index is 2.26. The third-order valence-corrected chi connectivity index (χ3v) is 5.21. The molecule has 0 aromatic rings. The first-order valence-electron chi connectivity index (χ1n) is 4.57. The maximum Gasteiger partial charge on any atom is 0.114 e. The summed E-state index contributed by atoms with van der Waals surface area (Å²) in [7, 11) is 3.89. The molecule has 12 heavy (non-hydrogen) atoms. The standard InChI is InChI=1S/C9H18OS2/c1-6(2)8-5-9(12-11-8)10-7(3)4/h6-9H,5H2,1-4H3. The summed E-state index contributed by atoms with van der Waals surface area (Å²) in [6, 6.07) is 0. The van der Waals surface area contributed by atoms with Crippen molar-refractivity contribution in [1.82, 2.24) is 0 Å². The van der Waals surface area contributed by atoms with Gasteiger partial charge in [-0.15, -0.1) is 0 Å². The molecule has 3 heteroatoms. The van der Waals surface area contributed by atoms with E-state index in [0.717, 1.165) is 11.2 Å². The highest BCUT2D eigenvalue weighted by molar-refractivity contribution is 8.77. The van der Waals surface area contributed by atoms with Crippen molar-refractivity contribution >= 4 is 21.6 Å². The van der Waals surface area contributed by atoms with Gasteiger partial charge >= 0.3 is 0 Å². The topological polar surface area (TPSA) is 9.23 Å². The van der Waals surface area contributed by atoms with Crippen LogP contribution in [0.2, 0.25) is 0 Å². The molecule has 0 aliphatic carbocycles. The predicted molar refractivity (Wildman–Crippen MR) is 58.4 cm³/mol. The molecule has 0 aromatic heterocycles. The van der Waals surface area contributed by atoms with Crippen LogP contribution in [0.1, 0.15) is 34.1 Å². The Morgan fingerprint density at radius 1 is 1.17 bits per heavy atom. The molecule has 1 nitrogen and oxygen atoms in total.